The maximum absolute atomic E-state index is 11.6. The second-order valence-electron chi connectivity index (χ2n) is 3.71. The molecule has 0 saturated carbocycles. The van der Waals surface area contributed by atoms with E-state index >= 15 is 0 Å². The summed E-state index contributed by atoms with van der Waals surface area (Å²) in [5, 5.41) is 14.5. The minimum Gasteiger partial charge on any atom is -0.478 e. The van der Waals surface area contributed by atoms with Crippen LogP contribution in [-0.4, -0.2) is 43.8 Å². The van der Waals surface area contributed by atoms with Crippen molar-refractivity contribution in [2.75, 3.05) is 32.1 Å². The Kier molecular flexibility index (Phi) is 6.74. The van der Waals surface area contributed by atoms with Crippen molar-refractivity contribution in [2.24, 2.45) is 0 Å². The van der Waals surface area contributed by atoms with Crippen molar-refractivity contribution in [3.63, 3.8) is 0 Å². The third kappa shape index (κ3) is 5.53. The highest BCUT2D eigenvalue weighted by molar-refractivity contribution is 14.1. The predicted octanol–water partition coefficient (Wildman–Crippen LogP) is 1.16. The van der Waals surface area contributed by atoms with Gasteiger partial charge in [0, 0.05) is 17.2 Å². The Bertz CT molecular complexity index is 465. The highest BCUT2D eigenvalue weighted by Crippen LogP contribution is 2.18. The Hall–Kier alpha value is -1.19. The number of amides is 1. The second-order valence-corrected chi connectivity index (χ2v) is 4.96. The van der Waals surface area contributed by atoms with E-state index in [1.165, 1.54) is 6.07 Å². The summed E-state index contributed by atoms with van der Waals surface area (Å²) in [6, 6.07) is 4.83. The maximum Gasteiger partial charge on any atom is 0.337 e. The normalized spacial score (nSPS) is 10.2. The van der Waals surface area contributed by atoms with Crippen LogP contribution in [0.5, 0.6) is 0 Å². The number of benzene rings is 1. The van der Waals surface area contributed by atoms with Crippen LogP contribution in [0.4, 0.5) is 5.69 Å². The minimum atomic E-state index is -1.07. The molecule has 0 aromatic heterocycles. The number of halogens is 1. The van der Waals surface area contributed by atoms with Crippen molar-refractivity contribution < 1.29 is 19.4 Å². The van der Waals surface area contributed by atoms with Crippen LogP contribution < -0.4 is 10.6 Å². The largest absolute Gasteiger partial charge is 0.478 e. The van der Waals surface area contributed by atoms with Gasteiger partial charge >= 0.3 is 5.97 Å². The predicted molar refractivity (Wildman–Crippen MR) is 79.5 cm³/mol. The Morgan fingerprint density at radius 3 is 2.79 bits per heavy atom. The zero-order valence-electron chi connectivity index (χ0n) is 10.4. The molecule has 0 unspecified atom stereocenters. The highest BCUT2D eigenvalue weighted by atomic mass is 127. The standard InChI is InChI=1S/C12H15IN2O4/c1-19-5-4-14-7-11(16)15-10-3-2-8(13)6-9(10)12(17)18/h2-3,6,14H,4-5,7H2,1H3,(H,15,16)(H,17,18). The Balaban J connectivity index is 2.61. The highest BCUT2D eigenvalue weighted by Gasteiger charge is 2.12. The van der Waals surface area contributed by atoms with E-state index < -0.39 is 5.97 Å². The molecule has 3 N–H and O–H groups in total. The summed E-state index contributed by atoms with van der Waals surface area (Å²) in [6.45, 7) is 1.17. The minimum absolute atomic E-state index is 0.0807. The molecule has 0 radical (unpaired) electrons. The zero-order chi connectivity index (χ0) is 14.3. The molecule has 0 spiro atoms. The van der Waals surface area contributed by atoms with Gasteiger partial charge in [-0.15, -0.1) is 0 Å². The van der Waals surface area contributed by atoms with Crippen LogP contribution >= 0.6 is 22.6 Å². The van der Waals surface area contributed by atoms with Gasteiger partial charge in [-0.05, 0) is 40.8 Å². The average molecular weight is 378 g/mol. The number of carbonyl (C=O) groups excluding carboxylic acids is 1. The summed E-state index contributed by atoms with van der Waals surface area (Å²) in [6.07, 6.45) is 0. The van der Waals surface area contributed by atoms with Gasteiger partial charge in [0.05, 0.1) is 24.4 Å². The lowest BCUT2D eigenvalue weighted by Gasteiger charge is -2.09. The summed E-state index contributed by atoms with van der Waals surface area (Å²) in [5.74, 6) is -1.36. The number of rotatable bonds is 7. The first-order chi connectivity index (χ1) is 9.04. The zero-order valence-corrected chi connectivity index (χ0v) is 12.6. The van der Waals surface area contributed by atoms with Gasteiger partial charge in [0.2, 0.25) is 5.91 Å². The van der Waals surface area contributed by atoms with Crippen molar-refractivity contribution in [1.29, 1.82) is 0 Å². The smallest absolute Gasteiger partial charge is 0.337 e. The van der Waals surface area contributed by atoms with E-state index in [2.05, 4.69) is 10.6 Å². The van der Waals surface area contributed by atoms with Gasteiger partial charge in [0.25, 0.3) is 0 Å². The fraction of sp³-hybridized carbons (Fsp3) is 0.333. The van der Waals surface area contributed by atoms with E-state index in [4.69, 9.17) is 9.84 Å². The first-order valence-corrected chi connectivity index (χ1v) is 6.65. The van der Waals surface area contributed by atoms with Gasteiger partial charge in [-0.2, -0.15) is 0 Å². The number of hydrogen-bond acceptors (Lipinski definition) is 4. The summed E-state index contributed by atoms with van der Waals surface area (Å²) in [5.41, 5.74) is 0.378. The molecule has 19 heavy (non-hydrogen) atoms. The Labute approximate surface area is 124 Å². The third-order valence-corrected chi connectivity index (χ3v) is 2.93. The summed E-state index contributed by atoms with van der Waals surface area (Å²) >= 11 is 2.02. The average Bonchev–Trinajstić information content (AvgIpc) is 2.36. The molecule has 0 heterocycles. The van der Waals surface area contributed by atoms with Gasteiger partial charge in [-0.3, -0.25) is 4.79 Å². The quantitative estimate of drug-likeness (QED) is 0.490. The molecule has 104 valence electrons. The number of hydrogen-bond donors (Lipinski definition) is 3. The molecule has 0 bridgehead atoms. The lowest BCUT2D eigenvalue weighted by Crippen LogP contribution is -2.30. The molecule has 0 aliphatic heterocycles. The molecule has 7 heteroatoms. The number of ether oxygens (including phenoxy) is 1. The van der Waals surface area contributed by atoms with E-state index in [0.29, 0.717) is 18.8 Å². The lowest BCUT2D eigenvalue weighted by molar-refractivity contribution is -0.115. The first-order valence-electron chi connectivity index (χ1n) is 5.57. The monoisotopic (exact) mass is 378 g/mol. The molecule has 1 amide bonds. The van der Waals surface area contributed by atoms with Gasteiger partial charge in [-0.1, -0.05) is 0 Å². The number of carboxylic acids is 1. The summed E-state index contributed by atoms with van der Waals surface area (Å²) < 4.78 is 5.63. The molecule has 0 saturated heterocycles. The molecule has 6 nitrogen and oxygen atoms in total. The molecule has 1 aromatic carbocycles. The van der Waals surface area contributed by atoms with E-state index in [9.17, 15) is 9.59 Å². The molecule has 1 aromatic rings. The van der Waals surface area contributed by atoms with E-state index in [1.54, 1.807) is 19.2 Å². The van der Waals surface area contributed by atoms with Crippen LogP contribution in [0.2, 0.25) is 0 Å². The molecular weight excluding hydrogens is 363 g/mol. The van der Waals surface area contributed by atoms with Gasteiger partial charge in [0.1, 0.15) is 0 Å². The van der Waals surface area contributed by atoms with Crippen LogP contribution in [-0.2, 0) is 9.53 Å². The lowest BCUT2D eigenvalue weighted by atomic mass is 10.2. The summed E-state index contributed by atoms with van der Waals surface area (Å²) in [7, 11) is 1.58. The van der Waals surface area contributed by atoms with Crippen LogP contribution in [0.1, 0.15) is 10.4 Å². The van der Waals surface area contributed by atoms with E-state index in [1.807, 2.05) is 22.6 Å². The van der Waals surface area contributed by atoms with Crippen molar-refractivity contribution in [2.45, 2.75) is 0 Å². The molecule has 0 aliphatic carbocycles. The molecular formula is C12H15IN2O4. The number of methoxy groups -OCH3 is 1. The fourth-order valence-corrected chi connectivity index (χ4v) is 1.86. The van der Waals surface area contributed by atoms with E-state index in [0.717, 1.165) is 3.57 Å². The maximum atomic E-state index is 11.6. The third-order valence-electron chi connectivity index (χ3n) is 2.25. The number of anilines is 1. The van der Waals surface area contributed by atoms with Crippen molar-refractivity contribution in [3.05, 3.63) is 27.3 Å². The fourth-order valence-electron chi connectivity index (χ4n) is 1.37. The number of aromatic carboxylic acids is 1. The molecule has 0 aliphatic rings. The van der Waals surface area contributed by atoms with Crippen LogP contribution in [0.15, 0.2) is 18.2 Å². The SMILES string of the molecule is COCCNCC(=O)Nc1ccc(I)cc1C(=O)O. The van der Waals surface area contributed by atoms with Crippen molar-refractivity contribution in [1.82, 2.24) is 5.32 Å². The Morgan fingerprint density at radius 1 is 1.42 bits per heavy atom. The number of carbonyl (C=O) groups is 2. The Morgan fingerprint density at radius 2 is 2.16 bits per heavy atom. The molecule has 0 atom stereocenters. The van der Waals surface area contributed by atoms with E-state index in [-0.39, 0.29) is 18.0 Å². The van der Waals surface area contributed by atoms with Gasteiger partial charge in [0.15, 0.2) is 0 Å². The van der Waals surface area contributed by atoms with Crippen LogP contribution in [0.3, 0.4) is 0 Å². The number of nitrogens with one attached hydrogen (secondary N) is 2. The summed E-state index contributed by atoms with van der Waals surface area (Å²) in [4.78, 5) is 22.7. The van der Waals surface area contributed by atoms with Crippen LogP contribution in [0, 0.1) is 3.57 Å². The molecule has 0 fully saturated rings. The van der Waals surface area contributed by atoms with Gasteiger partial charge < -0.3 is 20.5 Å². The van der Waals surface area contributed by atoms with Crippen molar-refractivity contribution in [3.8, 4) is 0 Å². The second kappa shape index (κ2) is 8.08. The van der Waals surface area contributed by atoms with Crippen LogP contribution in [0.25, 0.3) is 0 Å². The number of carboxylic acid groups (broad SMARTS) is 1. The molecule has 1 rings (SSSR count). The first kappa shape index (κ1) is 15.9. The van der Waals surface area contributed by atoms with Crippen molar-refractivity contribution >= 4 is 40.2 Å². The topological polar surface area (TPSA) is 87.7 Å². The van der Waals surface area contributed by atoms with Gasteiger partial charge in [-0.25, -0.2) is 4.79 Å².